The number of halogens is 1. The van der Waals surface area contributed by atoms with E-state index in [1.165, 1.54) is 29.2 Å². The molecule has 29 heavy (non-hydrogen) atoms. The van der Waals surface area contributed by atoms with E-state index >= 15 is 0 Å². The maximum absolute atomic E-state index is 13.3. The quantitative estimate of drug-likeness (QED) is 0.718. The van der Waals surface area contributed by atoms with Gasteiger partial charge in [0, 0.05) is 11.3 Å². The van der Waals surface area contributed by atoms with Gasteiger partial charge in [-0.1, -0.05) is 48.0 Å². The molecule has 0 aliphatic carbocycles. The SMILES string of the molecule is Cc1cccc([C@]2(O)C(=O)N(CC(=O)Nc3ccc(F)cc3)c3ccccc32)c1. The number of amides is 2. The lowest BCUT2D eigenvalue weighted by atomic mass is 9.87. The molecule has 0 aromatic heterocycles. The molecule has 3 aromatic rings. The number of hydrogen-bond acceptors (Lipinski definition) is 3. The summed E-state index contributed by atoms with van der Waals surface area (Å²) in [5.74, 6) is -1.44. The normalized spacial score (nSPS) is 17.9. The summed E-state index contributed by atoms with van der Waals surface area (Å²) < 4.78 is 13.0. The molecule has 5 nitrogen and oxygen atoms in total. The van der Waals surface area contributed by atoms with Crippen molar-refractivity contribution in [2.45, 2.75) is 12.5 Å². The molecule has 3 aromatic carbocycles. The molecule has 4 rings (SSSR count). The molecule has 0 saturated heterocycles. The molecule has 1 aliphatic heterocycles. The lowest BCUT2D eigenvalue weighted by molar-refractivity contribution is -0.133. The first kappa shape index (κ1) is 18.8. The minimum Gasteiger partial charge on any atom is -0.372 e. The molecule has 2 amide bonds. The fourth-order valence-corrected chi connectivity index (χ4v) is 3.62. The fraction of sp³-hybridized carbons (Fsp3) is 0.130. The molecule has 1 atom stereocenters. The van der Waals surface area contributed by atoms with Crippen LogP contribution in [0, 0.1) is 12.7 Å². The van der Waals surface area contributed by atoms with Crippen LogP contribution in [0.4, 0.5) is 15.8 Å². The van der Waals surface area contributed by atoms with E-state index in [1.807, 2.05) is 13.0 Å². The number of carbonyl (C=O) groups excluding carboxylic acids is 2. The van der Waals surface area contributed by atoms with E-state index in [-0.39, 0.29) is 6.54 Å². The highest BCUT2D eigenvalue weighted by molar-refractivity contribution is 6.12. The van der Waals surface area contributed by atoms with Gasteiger partial charge in [0.25, 0.3) is 5.91 Å². The molecule has 0 unspecified atom stereocenters. The van der Waals surface area contributed by atoms with Gasteiger partial charge in [-0.05, 0) is 42.8 Å². The zero-order valence-electron chi connectivity index (χ0n) is 15.7. The number of anilines is 2. The third-order valence-electron chi connectivity index (χ3n) is 5.00. The highest BCUT2D eigenvalue weighted by atomic mass is 19.1. The molecule has 0 bridgehead atoms. The topological polar surface area (TPSA) is 69.6 Å². The van der Waals surface area contributed by atoms with Gasteiger partial charge < -0.3 is 10.4 Å². The monoisotopic (exact) mass is 390 g/mol. The van der Waals surface area contributed by atoms with Crippen molar-refractivity contribution < 1.29 is 19.1 Å². The van der Waals surface area contributed by atoms with Crippen LogP contribution in [0.3, 0.4) is 0 Å². The minimum absolute atomic E-state index is 0.276. The summed E-state index contributed by atoms with van der Waals surface area (Å²) in [6, 6.07) is 19.4. The van der Waals surface area contributed by atoms with Crippen molar-refractivity contribution in [3.05, 3.63) is 95.3 Å². The standard InChI is InChI=1S/C23H19FN2O3/c1-15-5-4-6-16(13-15)23(29)19-7-2-3-8-20(19)26(22(23)28)14-21(27)25-18-11-9-17(24)10-12-18/h2-13,29H,14H2,1H3,(H,25,27)/t23-/m1/s1. The van der Waals surface area contributed by atoms with E-state index in [0.717, 1.165) is 5.56 Å². The molecule has 0 saturated carbocycles. The van der Waals surface area contributed by atoms with Crippen LogP contribution in [0.15, 0.2) is 72.8 Å². The average Bonchev–Trinajstić information content (AvgIpc) is 2.93. The van der Waals surface area contributed by atoms with Crippen LogP contribution < -0.4 is 10.2 Å². The van der Waals surface area contributed by atoms with Crippen LogP contribution in [0.1, 0.15) is 16.7 Å². The first-order valence-corrected chi connectivity index (χ1v) is 9.16. The third-order valence-corrected chi connectivity index (χ3v) is 5.00. The Morgan fingerprint density at radius 1 is 1.07 bits per heavy atom. The highest BCUT2D eigenvalue weighted by Gasteiger charge is 2.51. The smallest absolute Gasteiger partial charge is 0.268 e. The van der Waals surface area contributed by atoms with Crippen molar-refractivity contribution >= 4 is 23.2 Å². The van der Waals surface area contributed by atoms with Crippen molar-refractivity contribution in [1.29, 1.82) is 0 Å². The number of nitrogens with one attached hydrogen (secondary N) is 1. The van der Waals surface area contributed by atoms with E-state index in [1.54, 1.807) is 42.5 Å². The van der Waals surface area contributed by atoms with Gasteiger partial charge in [0.15, 0.2) is 5.60 Å². The molecular formula is C23H19FN2O3. The number of hydrogen-bond donors (Lipinski definition) is 2. The van der Waals surface area contributed by atoms with Gasteiger partial charge in [0.05, 0.1) is 5.69 Å². The van der Waals surface area contributed by atoms with E-state index < -0.39 is 23.2 Å². The second-order valence-electron chi connectivity index (χ2n) is 7.04. The lowest BCUT2D eigenvalue weighted by Gasteiger charge is -2.24. The first-order valence-electron chi connectivity index (χ1n) is 9.16. The maximum atomic E-state index is 13.3. The van der Waals surface area contributed by atoms with Crippen LogP contribution in [0.5, 0.6) is 0 Å². The van der Waals surface area contributed by atoms with Crippen molar-refractivity contribution in [1.82, 2.24) is 0 Å². The summed E-state index contributed by atoms with van der Waals surface area (Å²) in [5.41, 5.74) is 0.843. The number of aryl methyl sites for hydroxylation is 1. The number of carbonyl (C=O) groups is 2. The minimum atomic E-state index is -1.86. The highest BCUT2D eigenvalue weighted by Crippen LogP contribution is 2.44. The Labute approximate surface area is 167 Å². The molecule has 0 spiro atoms. The molecule has 2 N–H and O–H groups in total. The molecule has 1 aliphatic rings. The van der Waals surface area contributed by atoms with E-state index in [9.17, 15) is 19.1 Å². The van der Waals surface area contributed by atoms with Gasteiger partial charge in [-0.3, -0.25) is 14.5 Å². The summed E-state index contributed by atoms with van der Waals surface area (Å²) in [4.78, 5) is 27.1. The second-order valence-corrected chi connectivity index (χ2v) is 7.04. The molecule has 146 valence electrons. The maximum Gasteiger partial charge on any atom is 0.268 e. The zero-order chi connectivity index (χ0) is 20.6. The fourth-order valence-electron chi connectivity index (χ4n) is 3.62. The number of fused-ring (bicyclic) bond motifs is 1. The lowest BCUT2D eigenvalue weighted by Crippen LogP contribution is -2.44. The van der Waals surface area contributed by atoms with Crippen LogP contribution in [-0.2, 0) is 15.2 Å². The van der Waals surface area contributed by atoms with Gasteiger partial charge in [-0.15, -0.1) is 0 Å². The van der Waals surface area contributed by atoms with Gasteiger partial charge in [-0.2, -0.15) is 0 Å². The number of rotatable bonds is 4. The third kappa shape index (κ3) is 3.28. The van der Waals surface area contributed by atoms with E-state index in [0.29, 0.717) is 22.5 Å². The van der Waals surface area contributed by atoms with Crippen molar-refractivity contribution in [3.8, 4) is 0 Å². The number of aliphatic hydroxyl groups is 1. The van der Waals surface area contributed by atoms with Crippen molar-refractivity contribution in [2.24, 2.45) is 0 Å². The summed E-state index contributed by atoms with van der Waals surface area (Å²) >= 11 is 0. The largest absolute Gasteiger partial charge is 0.372 e. The van der Waals surface area contributed by atoms with Crippen LogP contribution in [-0.4, -0.2) is 23.5 Å². The van der Waals surface area contributed by atoms with Crippen LogP contribution >= 0.6 is 0 Å². The van der Waals surface area contributed by atoms with Gasteiger partial charge in [0.1, 0.15) is 12.4 Å². The number of nitrogens with zero attached hydrogens (tertiary/aromatic N) is 1. The molecular weight excluding hydrogens is 371 g/mol. The summed E-state index contributed by atoms with van der Waals surface area (Å²) in [6.45, 7) is 1.60. The van der Waals surface area contributed by atoms with Crippen molar-refractivity contribution in [2.75, 3.05) is 16.8 Å². The van der Waals surface area contributed by atoms with Gasteiger partial charge in [-0.25, -0.2) is 4.39 Å². The number of benzene rings is 3. The van der Waals surface area contributed by atoms with Crippen LogP contribution in [0.25, 0.3) is 0 Å². The zero-order valence-corrected chi connectivity index (χ0v) is 15.7. The Kier molecular flexibility index (Phi) is 4.64. The van der Waals surface area contributed by atoms with E-state index in [2.05, 4.69) is 5.32 Å². The second kappa shape index (κ2) is 7.14. The molecule has 0 radical (unpaired) electrons. The van der Waals surface area contributed by atoms with Crippen LogP contribution in [0.2, 0.25) is 0 Å². The summed E-state index contributed by atoms with van der Waals surface area (Å²) in [7, 11) is 0. The molecule has 1 heterocycles. The molecule has 6 heteroatoms. The van der Waals surface area contributed by atoms with Gasteiger partial charge >= 0.3 is 0 Å². The first-order chi connectivity index (χ1) is 13.9. The molecule has 0 fully saturated rings. The summed E-state index contributed by atoms with van der Waals surface area (Å²) in [5, 5.41) is 14.1. The average molecular weight is 390 g/mol. The van der Waals surface area contributed by atoms with Crippen molar-refractivity contribution in [3.63, 3.8) is 0 Å². The number of para-hydroxylation sites is 1. The Hall–Kier alpha value is -3.51. The Morgan fingerprint density at radius 3 is 2.52 bits per heavy atom. The van der Waals surface area contributed by atoms with E-state index in [4.69, 9.17) is 0 Å². The van der Waals surface area contributed by atoms with Gasteiger partial charge in [0.2, 0.25) is 5.91 Å². The summed E-state index contributed by atoms with van der Waals surface area (Å²) in [6.07, 6.45) is 0. The Bertz CT molecular complexity index is 1100. The Morgan fingerprint density at radius 2 is 1.79 bits per heavy atom. The Balaban J connectivity index is 1.66. The predicted molar refractivity (Wildman–Crippen MR) is 108 cm³/mol. The predicted octanol–water partition coefficient (Wildman–Crippen LogP) is 3.36.